The van der Waals surface area contributed by atoms with Crippen molar-refractivity contribution in [2.75, 3.05) is 13.1 Å². The number of amides is 2. The van der Waals surface area contributed by atoms with Gasteiger partial charge in [-0.1, -0.05) is 25.7 Å². The number of likely N-dealkylation sites (tertiary alicyclic amines) is 1. The summed E-state index contributed by atoms with van der Waals surface area (Å²) in [6.07, 6.45) is 8.61. The van der Waals surface area contributed by atoms with E-state index in [1.54, 1.807) is 0 Å². The van der Waals surface area contributed by atoms with Crippen molar-refractivity contribution in [1.29, 1.82) is 0 Å². The van der Waals surface area contributed by atoms with Crippen molar-refractivity contribution in [2.24, 2.45) is 11.8 Å². The lowest BCUT2D eigenvalue weighted by atomic mass is 9.79. The van der Waals surface area contributed by atoms with Gasteiger partial charge in [0.25, 0.3) is 0 Å². The fourth-order valence-electron chi connectivity index (χ4n) is 4.57. The number of rotatable bonds is 3. The predicted octanol–water partition coefficient (Wildman–Crippen LogP) is 2.61. The van der Waals surface area contributed by atoms with Gasteiger partial charge in [0.15, 0.2) is 0 Å². The molecular weight excluding hydrogens is 268 g/mol. The number of urea groups is 1. The van der Waals surface area contributed by atoms with Gasteiger partial charge in [0, 0.05) is 13.1 Å². The standard InChI is InChI=1S/C16H26N2O3/c19-14(20)9-16(7-2-1-3-8-16)17-15(21)18-10-12-5-4-6-13(12)11-18/h12-13H,1-11H2,(H,17,21)(H,19,20). The molecule has 3 rings (SSSR count). The first-order valence-electron chi connectivity index (χ1n) is 8.37. The highest BCUT2D eigenvalue weighted by molar-refractivity contribution is 5.77. The lowest BCUT2D eigenvalue weighted by Gasteiger charge is -2.38. The van der Waals surface area contributed by atoms with Gasteiger partial charge in [0.1, 0.15) is 0 Å². The van der Waals surface area contributed by atoms with Gasteiger partial charge in [-0.05, 0) is 37.5 Å². The zero-order valence-electron chi connectivity index (χ0n) is 12.6. The van der Waals surface area contributed by atoms with Crippen LogP contribution in [0.15, 0.2) is 0 Å². The number of aliphatic carboxylic acids is 1. The molecule has 0 radical (unpaired) electrons. The van der Waals surface area contributed by atoms with Crippen LogP contribution in [0.2, 0.25) is 0 Å². The van der Waals surface area contributed by atoms with E-state index in [1.165, 1.54) is 19.3 Å². The van der Waals surface area contributed by atoms with E-state index in [-0.39, 0.29) is 12.5 Å². The first kappa shape index (κ1) is 14.7. The molecule has 2 aliphatic carbocycles. The van der Waals surface area contributed by atoms with Crippen molar-refractivity contribution in [3.05, 3.63) is 0 Å². The van der Waals surface area contributed by atoms with Gasteiger partial charge in [-0.25, -0.2) is 4.79 Å². The zero-order valence-corrected chi connectivity index (χ0v) is 12.6. The average molecular weight is 294 g/mol. The van der Waals surface area contributed by atoms with Gasteiger partial charge >= 0.3 is 12.0 Å². The van der Waals surface area contributed by atoms with Crippen LogP contribution in [0.5, 0.6) is 0 Å². The normalized spacial score (nSPS) is 31.0. The number of carbonyl (C=O) groups is 2. The van der Waals surface area contributed by atoms with Crippen molar-refractivity contribution in [3.8, 4) is 0 Å². The summed E-state index contributed by atoms with van der Waals surface area (Å²) in [4.78, 5) is 25.6. The molecule has 1 aliphatic heterocycles. The summed E-state index contributed by atoms with van der Waals surface area (Å²) in [5.41, 5.74) is -0.515. The molecule has 0 aromatic carbocycles. The van der Waals surface area contributed by atoms with Crippen LogP contribution in [-0.4, -0.2) is 40.6 Å². The van der Waals surface area contributed by atoms with Gasteiger partial charge < -0.3 is 15.3 Å². The molecule has 2 atom stereocenters. The zero-order chi connectivity index (χ0) is 14.9. The number of hydrogen-bond acceptors (Lipinski definition) is 2. The molecule has 2 N–H and O–H groups in total. The maximum absolute atomic E-state index is 12.6. The molecular formula is C16H26N2O3. The Kier molecular flexibility index (Phi) is 4.09. The summed E-state index contributed by atoms with van der Waals surface area (Å²) in [6, 6.07) is -0.0347. The van der Waals surface area contributed by atoms with E-state index in [2.05, 4.69) is 5.32 Å². The van der Waals surface area contributed by atoms with E-state index in [9.17, 15) is 14.7 Å². The van der Waals surface area contributed by atoms with Gasteiger partial charge in [0.05, 0.1) is 12.0 Å². The molecule has 0 bridgehead atoms. The Morgan fingerprint density at radius 2 is 1.67 bits per heavy atom. The van der Waals surface area contributed by atoms with Crippen LogP contribution in [-0.2, 0) is 4.79 Å². The molecule has 21 heavy (non-hydrogen) atoms. The summed E-state index contributed by atoms with van der Waals surface area (Å²) < 4.78 is 0. The molecule has 0 aromatic rings. The van der Waals surface area contributed by atoms with Crippen LogP contribution < -0.4 is 5.32 Å². The SMILES string of the molecule is O=C(O)CC1(NC(=O)N2CC3CCCC3C2)CCCCC1. The second-order valence-electron chi connectivity index (χ2n) is 7.20. The maximum atomic E-state index is 12.6. The summed E-state index contributed by atoms with van der Waals surface area (Å²) in [5, 5.41) is 12.3. The highest BCUT2D eigenvalue weighted by Gasteiger charge is 2.41. The smallest absolute Gasteiger partial charge is 0.317 e. The Morgan fingerprint density at radius 3 is 2.24 bits per heavy atom. The quantitative estimate of drug-likeness (QED) is 0.840. The van der Waals surface area contributed by atoms with Gasteiger partial charge in [0.2, 0.25) is 0 Å². The largest absolute Gasteiger partial charge is 0.481 e. The van der Waals surface area contributed by atoms with E-state index < -0.39 is 11.5 Å². The number of nitrogens with zero attached hydrogens (tertiary/aromatic N) is 1. The third kappa shape index (κ3) is 3.16. The first-order chi connectivity index (χ1) is 10.1. The maximum Gasteiger partial charge on any atom is 0.317 e. The molecule has 2 unspecified atom stereocenters. The molecule has 118 valence electrons. The number of fused-ring (bicyclic) bond motifs is 1. The van der Waals surface area contributed by atoms with Crippen LogP contribution in [0, 0.1) is 11.8 Å². The third-order valence-electron chi connectivity index (χ3n) is 5.69. The first-order valence-corrected chi connectivity index (χ1v) is 8.37. The Labute approximate surface area is 126 Å². The van der Waals surface area contributed by atoms with Gasteiger partial charge in [-0.2, -0.15) is 0 Å². The van der Waals surface area contributed by atoms with Crippen molar-refractivity contribution >= 4 is 12.0 Å². The molecule has 3 fully saturated rings. The Balaban J connectivity index is 1.62. The summed E-state index contributed by atoms with van der Waals surface area (Å²) in [5.74, 6) is 0.547. The van der Waals surface area contributed by atoms with Crippen molar-refractivity contribution < 1.29 is 14.7 Å². The number of hydrogen-bond donors (Lipinski definition) is 2. The van der Waals surface area contributed by atoms with Crippen molar-refractivity contribution in [2.45, 2.75) is 63.3 Å². The van der Waals surface area contributed by atoms with Crippen LogP contribution in [0.4, 0.5) is 4.79 Å². The van der Waals surface area contributed by atoms with E-state index in [4.69, 9.17) is 0 Å². The third-order valence-corrected chi connectivity index (χ3v) is 5.69. The number of carboxylic acids is 1. The minimum atomic E-state index is -0.810. The van der Waals surface area contributed by atoms with Crippen LogP contribution in [0.3, 0.4) is 0 Å². The van der Waals surface area contributed by atoms with E-state index in [0.717, 1.165) is 45.2 Å². The molecule has 2 amide bonds. The molecule has 5 nitrogen and oxygen atoms in total. The van der Waals surface area contributed by atoms with E-state index >= 15 is 0 Å². The number of carboxylic acid groups (broad SMARTS) is 1. The number of nitrogens with one attached hydrogen (secondary N) is 1. The molecule has 1 heterocycles. The monoisotopic (exact) mass is 294 g/mol. The lowest BCUT2D eigenvalue weighted by Crippen LogP contribution is -2.55. The van der Waals surface area contributed by atoms with Crippen molar-refractivity contribution in [3.63, 3.8) is 0 Å². The minimum Gasteiger partial charge on any atom is -0.481 e. The van der Waals surface area contributed by atoms with Gasteiger partial charge in [-0.3, -0.25) is 4.79 Å². The van der Waals surface area contributed by atoms with Crippen LogP contribution in [0.25, 0.3) is 0 Å². The second kappa shape index (κ2) is 5.85. The molecule has 0 spiro atoms. The second-order valence-corrected chi connectivity index (χ2v) is 7.20. The van der Waals surface area contributed by atoms with Crippen molar-refractivity contribution in [1.82, 2.24) is 10.2 Å². The van der Waals surface area contributed by atoms with Gasteiger partial charge in [-0.15, -0.1) is 0 Å². The Bertz CT molecular complexity index is 406. The summed E-state index contributed by atoms with van der Waals surface area (Å²) >= 11 is 0. The van der Waals surface area contributed by atoms with E-state index in [1.807, 2.05) is 4.90 Å². The summed E-state index contributed by atoms with van der Waals surface area (Å²) in [6.45, 7) is 1.72. The molecule has 2 saturated carbocycles. The number of carbonyl (C=O) groups excluding carboxylic acids is 1. The Hall–Kier alpha value is -1.26. The predicted molar refractivity (Wildman–Crippen MR) is 79.0 cm³/mol. The highest BCUT2D eigenvalue weighted by Crippen LogP contribution is 2.38. The van der Waals surface area contributed by atoms with Crippen LogP contribution >= 0.6 is 0 Å². The fourth-order valence-corrected chi connectivity index (χ4v) is 4.57. The van der Waals surface area contributed by atoms with Crippen LogP contribution in [0.1, 0.15) is 57.8 Å². The fraction of sp³-hybridized carbons (Fsp3) is 0.875. The molecule has 5 heteroatoms. The Morgan fingerprint density at radius 1 is 1.05 bits per heavy atom. The molecule has 0 aromatic heterocycles. The minimum absolute atomic E-state index is 0.0347. The van der Waals surface area contributed by atoms with E-state index in [0.29, 0.717) is 11.8 Å². The highest BCUT2D eigenvalue weighted by atomic mass is 16.4. The lowest BCUT2D eigenvalue weighted by molar-refractivity contribution is -0.139. The molecule has 1 saturated heterocycles. The average Bonchev–Trinajstić information content (AvgIpc) is 2.99. The topological polar surface area (TPSA) is 69.6 Å². The molecule has 3 aliphatic rings. The summed E-state index contributed by atoms with van der Waals surface area (Å²) in [7, 11) is 0.